The molecule has 5 heteroatoms. The van der Waals surface area contributed by atoms with Crippen LogP contribution in [0, 0.1) is 6.92 Å². The maximum atomic E-state index is 4.94. The van der Waals surface area contributed by atoms with Crippen LogP contribution in [-0.2, 0) is 6.54 Å². The van der Waals surface area contributed by atoms with E-state index in [0.717, 1.165) is 10.3 Å². The van der Waals surface area contributed by atoms with Gasteiger partial charge in [0.2, 0.25) is 5.89 Å². The summed E-state index contributed by atoms with van der Waals surface area (Å²) in [5.41, 5.74) is 1.43. The van der Waals surface area contributed by atoms with E-state index in [-0.39, 0.29) is 0 Å². The minimum atomic E-state index is 0.562. The van der Waals surface area contributed by atoms with Gasteiger partial charge in [-0.2, -0.15) is 4.98 Å². The highest BCUT2D eigenvalue weighted by atomic mass is 79.9. The summed E-state index contributed by atoms with van der Waals surface area (Å²) < 4.78 is 6.08. The van der Waals surface area contributed by atoms with Gasteiger partial charge in [-0.3, -0.25) is 0 Å². The van der Waals surface area contributed by atoms with E-state index in [1.54, 1.807) is 0 Å². The van der Waals surface area contributed by atoms with Gasteiger partial charge in [0.05, 0.1) is 6.54 Å². The molecule has 0 radical (unpaired) electrons. The third kappa shape index (κ3) is 3.04. The van der Waals surface area contributed by atoms with Crippen molar-refractivity contribution in [2.24, 2.45) is 0 Å². The zero-order valence-corrected chi connectivity index (χ0v) is 12.4. The number of nitrogens with one attached hydrogen (secondary N) is 1. The Morgan fingerprint density at radius 1 is 1.32 bits per heavy atom. The molecule has 1 saturated carbocycles. The molecule has 0 spiro atoms. The maximum Gasteiger partial charge on any atom is 0.223 e. The number of hydrogen-bond acceptors (Lipinski definition) is 4. The molecule has 2 aromatic rings. The van der Waals surface area contributed by atoms with Crippen LogP contribution in [0.15, 0.2) is 33.3 Å². The molecule has 1 N–H and O–H groups in total. The van der Waals surface area contributed by atoms with Gasteiger partial charge in [0.15, 0.2) is 5.82 Å². The SMILES string of the molecule is Cc1nc(CNC2CC(c3ccc(Br)cc3)C2)no1. The van der Waals surface area contributed by atoms with Gasteiger partial charge in [-0.25, -0.2) is 0 Å². The first-order chi connectivity index (χ1) is 9.20. The van der Waals surface area contributed by atoms with Crippen molar-refractivity contribution in [2.75, 3.05) is 0 Å². The van der Waals surface area contributed by atoms with E-state index < -0.39 is 0 Å². The molecule has 0 bridgehead atoms. The van der Waals surface area contributed by atoms with Crippen molar-refractivity contribution < 1.29 is 4.52 Å². The summed E-state index contributed by atoms with van der Waals surface area (Å²) >= 11 is 3.46. The monoisotopic (exact) mass is 321 g/mol. The molecule has 1 aliphatic carbocycles. The molecule has 1 aromatic carbocycles. The molecule has 1 fully saturated rings. The van der Waals surface area contributed by atoms with Crippen molar-refractivity contribution in [1.29, 1.82) is 0 Å². The molecule has 1 aliphatic rings. The zero-order valence-electron chi connectivity index (χ0n) is 10.8. The molecule has 1 aromatic heterocycles. The highest BCUT2D eigenvalue weighted by molar-refractivity contribution is 9.10. The first kappa shape index (κ1) is 12.8. The second-order valence-corrected chi connectivity index (χ2v) is 5.94. The van der Waals surface area contributed by atoms with Gasteiger partial charge in [-0.1, -0.05) is 33.2 Å². The third-order valence-electron chi connectivity index (χ3n) is 3.60. The standard InChI is InChI=1S/C14H16BrN3O/c1-9-17-14(18-19-9)8-16-13-6-11(7-13)10-2-4-12(15)5-3-10/h2-5,11,13,16H,6-8H2,1H3. The second-order valence-electron chi connectivity index (χ2n) is 5.03. The summed E-state index contributed by atoms with van der Waals surface area (Å²) in [6.45, 7) is 2.50. The molecule has 4 nitrogen and oxygen atoms in total. The molecule has 19 heavy (non-hydrogen) atoms. The molecule has 1 heterocycles. The summed E-state index contributed by atoms with van der Waals surface area (Å²) in [5, 5.41) is 7.34. The number of halogens is 1. The van der Waals surface area contributed by atoms with Crippen LogP contribution in [-0.4, -0.2) is 16.2 Å². The Morgan fingerprint density at radius 2 is 2.05 bits per heavy atom. The number of nitrogens with zero attached hydrogens (tertiary/aromatic N) is 2. The average Bonchev–Trinajstić information content (AvgIpc) is 2.75. The Morgan fingerprint density at radius 3 is 2.68 bits per heavy atom. The minimum Gasteiger partial charge on any atom is -0.340 e. The smallest absolute Gasteiger partial charge is 0.223 e. The van der Waals surface area contributed by atoms with E-state index in [1.807, 2.05) is 6.92 Å². The molecular weight excluding hydrogens is 306 g/mol. The van der Waals surface area contributed by atoms with Crippen LogP contribution >= 0.6 is 15.9 Å². The summed E-state index contributed by atoms with van der Waals surface area (Å²) in [7, 11) is 0. The fourth-order valence-corrected chi connectivity index (χ4v) is 2.70. The molecule has 0 unspecified atom stereocenters. The summed E-state index contributed by atoms with van der Waals surface area (Å²) in [6.07, 6.45) is 2.36. The van der Waals surface area contributed by atoms with Crippen LogP contribution in [0.3, 0.4) is 0 Å². The molecule has 0 atom stereocenters. The second kappa shape index (κ2) is 5.43. The van der Waals surface area contributed by atoms with Crippen molar-refractivity contribution in [3.05, 3.63) is 46.0 Å². The Balaban J connectivity index is 1.46. The fourth-order valence-electron chi connectivity index (χ4n) is 2.44. The minimum absolute atomic E-state index is 0.562. The van der Waals surface area contributed by atoms with Gasteiger partial charge in [-0.15, -0.1) is 0 Å². The Bertz CT molecular complexity index is 546. The number of benzene rings is 1. The molecule has 3 rings (SSSR count). The molecular formula is C14H16BrN3O. The van der Waals surface area contributed by atoms with Crippen LogP contribution in [0.4, 0.5) is 0 Å². The summed E-state index contributed by atoms with van der Waals surface area (Å²) in [6, 6.07) is 9.18. The van der Waals surface area contributed by atoms with Crippen molar-refractivity contribution in [2.45, 2.75) is 38.3 Å². The summed E-state index contributed by atoms with van der Waals surface area (Å²) in [4.78, 5) is 4.18. The van der Waals surface area contributed by atoms with E-state index in [9.17, 15) is 0 Å². The lowest BCUT2D eigenvalue weighted by Crippen LogP contribution is -2.39. The van der Waals surface area contributed by atoms with E-state index in [1.165, 1.54) is 18.4 Å². The van der Waals surface area contributed by atoms with Gasteiger partial charge in [0, 0.05) is 17.4 Å². The first-order valence-electron chi connectivity index (χ1n) is 6.49. The Hall–Kier alpha value is -1.20. The number of aromatic nitrogens is 2. The normalized spacial score (nSPS) is 22.2. The zero-order chi connectivity index (χ0) is 13.2. The lowest BCUT2D eigenvalue weighted by molar-refractivity contribution is 0.285. The predicted octanol–water partition coefficient (Wildman–Crippen LogP) is 3.18. The van der Waals surface area contributed by atoms with E-state index >= 15 is 0 Å². The van der Waals surface area contributed by atoms with Gasteiger partial charge in [0.25, 0.3) is 0 Å². The van der Waals surface area contributed by atoms with Gasteiger partial charge in [0.1, 0.15) is 0 Å². The van der Waals surface area contributed by atoms with Crippen LogP contribution < -0.4 is 5.32 Å². The van der Waals surface area contributed by atoms with Crippen LogP contribution in [0.5, 0.6) is 0 Å². The molecule has 0 aliphatic heterocycles. The molecule has 0 amide bonds. The third-order valence-corrected chi connectivity index (χ3v) is 4.13. The number of rotatable bonds is 4. The highest BCUT2D eigenvalue weighted by Gasteiger charge is 2.29. The van der Waals surface area contributed by atoms with Gasteiger partial charge in [-0.05, 0) is 36.5 Å². The van der Waals surface area contributed by atoms with Gasteiger partial charge >= 0.3 is 0 Å². The number of aryl methyl sites for hydroxylation is 1. The maximum absolute atomic E-state index is 4.94. The molecule has 100 valence electrons. The van der Waals surface area contributed by atoms with Crippen molar-refractivity contribution in [3.63, 3.8) is 0 Å². The lowest BCUT2D eigenvalue weighted by Gasteiger charge is -2.36. The van der Waals surface area contributed by atoms with E-state index in [4.69, 9.17) is 4.52 Å². The van der Waals surface area contributed by atoms with Gasteiger partial charge < -0.3 is 9.84 Å². The summed E-state index contributed by atoms with van der Waals surface area (Å²) in [5.74, 6) is 2.04. The van der Waals surface area contributed by atoms with Crippen molar-refractivity contribution >= 4 is 15.9 Å². The number of hydrogen-bond donors (Lipinski definition) is 1. The van der Waals surface area contributed by atoms with Crippen molar-refractivity contribution in [3.8, 4) is 0 Å². The first-order valence-corrected chi connectivity index (χ1v) is 7.28. The van der Waals surface area contributed by atoms with Crippen LogP contribution in [0.2, 0.25) is 0 Å². The Labute approximate surface area is 120 Å². The highest BCUT2D eigenvalue weighted by Crippen LogP contribution is 2.37. The lowest BCUT2D eigenvalue weighted by atomic mass is 9.76. The Kier molecular flexibility index (Phi) is 3.66. The average molecular weight is 322 g/mol. The largest absolute Gasteiger partial charge is 0.340 e. The fraction of sp³-hybridized carbons (Fsp3) is 0.429. The van der Waals surface area contributed by atoms with E-state index in [0.29, 0.717) is 24.4 Å². The predicted molar refractivity (Wildman–Crippen MR) is 75.8 cm³/mol. The quantitative estimate of drug-likeness (QED) is 0.939. The van der Waals surface area contributed by atoms with Crippen LogP contribution in [0.25, 0.3) is 0 Å². The topological polar surface area (TPSA) is 51.0 Å². The molecule has 0 saturated heterocycles. The van der Waals surface area contributed by atoms with Crippen molar-refractivity contribution in [1.82, 2.24) is 15.5 Å². The van der Waals surface area contributed by atoms with Crippen LogP contribution in [0.1, 0.15) is 36.0 Å². The van der Waals surface area contributed by atoms with E-state index in [2.05, 4.69) is 55.7 Å².